The fourth-order valence-electron chi connectivity index (χ4n) is 1.03. The molecule has 5 heteroatoms. The second-order valence-electron chi connectivity index (χ2n) is 4.01. The van der Waals surface area contributed by atoms with Crippen molar-refractivity contribution in [2.24, 2.45) is 0 Å². The first-order chi connectivity index (χ1) is 7.95. The number of hydrogen-bond donors (Lipinski definition) is 0. The predicted octanol–water partition coefficient (Wildman–Crippen LogP) is 0.876. The normalized spacial score (nSPS) is 10.4. The van der Waals surface area contributed by atoms with Crippen LogP contribution in [0, 0.1) is 0 Å². The number of hydrogen-bond acceptors (Lipinski definition) is 4. The van der Waals surface area contributed by atoms with Crippen LogP contribution >= 0.6 is 0 Å². The van der Waals surface area contributed by atoms with Crippen molar-refractivity contribution in [3.05, 3.63) is 0 Å². The van der Waals surface area contributed by atoms with Crippen LogP contribution in [0.3, 0.4) is 0 Å². The molecule has 0 rings (SSSR count). The number of methoxy groups -OCH3 is 1. The highest BCUT2D eigenvalue weighted by atomic mass is 16.7. The monoisotopic (exact) mass is 249 g/mol. The smallest absolute Gasteiger partial charge is 0.251 e. The summed E-state index contributed by atoms with van der Waals surface area (Å²) >= 11 is 0. The minimum atomic E-state index is -1.48. The summed E-state index contributed by atoms with van der Waals surface area (Å²) in [6, 6.07) is 0. The maximum atomic E-state index is 9.59. The van der Waals surface area contributed by atoms with Crippen LogP contribution in [-0.2, 0) is 9.47 Å². The minimum absolute atomic E-state index is 0.149. The minimum Gasteiger partial charge on any atom is -0.550 e. The summed E-state index contributed by atoms with van der Waals surface area (Å²) in [4.78, 5) is 9.59. The summed E-state index contributed by atoms with van der Waals surface area (Å²) < 4.78 is 9.91. The predicted molar refractivity (Wildman–Crippen MR) is 65.6 cm³/mol. The molecule has 0 aliphatic heterocycles. The van der Waals surface area contributed by atoms with Crippen molar-refractivity contribution in [1.29, 1.82) is 0 Å². The molecule has 0 spiro atoms. The lowest BCUT2D eigenvalue weighted by Crippen LogP contribution is -2.42. The molecule has 0 amide bonds. The van der Waals surface area contributed by atoms with Crippen molar-refractivity contribution < 1.29 is 23.9 Å². The molecular weight excluding hydrogens is 222 g/mol. The van der Waals surface area contributed by atoms with E-state index < -0.39 is 6.16 Å². The molecule has 0 atom stereocenters. The van der Waals surface area contributed by atoms with E-state index in [0.29, 0.717) is 13.0 Å². The van der Waals surface area contributed by atoms with E-state index in [4.69, 9.17) is 0 Å². The van der Waals surface area contributed by atoms with Gasteiger partial charge in [0.1, 0.15) is 0 Å². The maximum absolute atomic E-state index is 9.59. The van der Waals surface area contributed by atoms with E-state index >= 15 is 0 Å². The Kier molecular flexibility index (Phi) is 12.7. The molecule has 0 N–H and O–H groups in total. The molecule has 0 saturated carbocycles. The van der Waals surface area contributed by atoms with Crippen molar-refractivity contribution in [3.8, 4) is 0 Å². The Labute approximate surface area is 105 Å². The van der Waals surface area contributed by atoms with Gasteiger partial charge in [-0.2, -0.15) is 0 Å². The van der Waals surface area contributed by atoms with E-state index in [1.807, 2.05) is 0 Å². The second kappa shape index (κ2) is 11.7. The van der Waals surface area contributed by atoms with Gasteiger partial charge in [-0.15, -0.1) is 0 Å². The SMILES string of the molecule is CC[N+](C)(CC)CC.COCCCOC(=O)[O-]. The van der Waals surface area contributed by atoms with E-state index in [1.165, 1.54) is 24.1 Å². The molecule has 0 aromatic heterocycles. The van der Waals surface area contributed by atoms with Crippen LogP contribution in [0.25, 0.3) is 0 Å². The van der Waals surface area contributed by atoms with Crippen LogP contribution in [0.5, 0.6) is 0 Å². The van der Waals surface area contributed by atoms with Crippen molar-refractivity contribution in [1.82, 2.24) is 0 Å². The zero-order valence-corrected chi connectivity index (χ0v) is 11.8. The molecule has 0 saturated heterocycles. The van der Waals surface area contributed by atoms with Gasteiger partial charge < -0.3 is 23.9 Å². The van der Waals surface area contributed by atoms with Crippen LogP contribution in [0.4, 0.5) is 4.79 Å². The molecule has 0 heterocycles. The van der Waals surface area contributed by atoms with Gasteiger partial charge in [-0.05, 0) is 27.2 Å². The molecule has 0 radical (unpaired) electrons. The van der Waals surface area contributed by atoms with Crippen molar-refractivity contribution in [2.75, 3.05) is 47.0 Å². The quantitative estimate of drug-likeness (QED) is 0.382. The summed E-state index contributed by atoms with van der Waals surface area (Å²) in [7, 11) is 3.83. The summed E-state index contributed by atoms with van der Waals surface area (Å²) in [5.74, 6) is 0. The van der Waals surface area contributed by atoms with Gasteiger partial charge in [-0.3, -0.25) is 0 Å². The number of quaternary nitrogens is 1. The lowest BCUT2D eigenvalue weighted by atomic mass is 10.4. The van der Waals surface area contributed by atoms with E-state index in [9.17, 15) is 9.90 Å². The molecule has 104 valence electrons. The van der Waals surface area contributed by atoms with Crippen LogP contribution in [0.1, 0.15) is 27.2 Å². The fraction of sp³-hybridized carbons (Fsp3) is 0.917. The lowest BCUT2D eigenvalue weighted by molar-refractivity contribution is -0.904. The molecule has 0 aliphatic carbocycles. The van der Waals surface area contributed by atoms with Crippen LogP contribution in [0.15, 0.2) is 0 Å². The summed E-state index contributed by atoms with van der Waals surface area (Å²) in [5, 5.41) is 9.59. The van der Waals surface area contributed by atoms with Crippen molar-refractivity contribution in [3.63, 3.8) is 0 Å². The van der Waals surface area contributed by atoms with Crippen molar-refractivity contribution in [2.45, 2.75) is 27.2 Å². The Bertz CT molecular complexity index is 173. The molecule has 0 aliphatic rings. The van der Waals surface area contributed by atoms with E-state index in [-0.39, 0.29) is 6.61 Å². The molecule has 0 aromatic rings. The Balaban J connectivity index is 0. The van der Waals surface area contributed by atoms with E-state index in [2.05, 4.69) is 37.3 Å². The molecule has 0 unspecified atom stereocenters. The van der Waals surface area contributed by atoms with E-state index in [1.54, 1.807) is 7.11 Å². The molecule has 5 nitrogen and oxygen atoms in total. The van der Waals surface area contributed by atoms with Crippen LogP contribution in [-0.4, -0.2) is 57.6 Å². The maximum Gasteiger partial charge on any atom is 0.251 e. The fourth-order valence-corrected chi connectivity index (χ4v) is 1.03. The lowest BCUT2D eigenvalue weighted by Gasteiger charge is -2.30. The molecule has 0 fully saturated rings. The standard InChI is InChI=1S/C7H18N.C5H10O4/c1-5-8(4,6-2)7-3;1-8-3-2-4-9-5(6)7/h5-7H2,1-4H3;2-4H2,1H3,(H,6,7)/q+1;/p-1. The molecule has 0 bridgehead atoms. The third kappa shape index (κ3) is 13.1. The first-order valence-corrected chi connectivity index (χ1v) is 6.12. The highest BCUT2D eigenvalue weighted by Crippen LogP contribution is 1.97. The molecule has 17 heavy (non-hydrogen) atoms. The zero-order valence-electron chi connectivity index (χ0n) is 11.8. The second-order valence-corrected chi connectivity index (χ2v) is 4.01. The molecular formula is C12H27NO4. The van der Waals surface area contributed by atoms with Gasteiger partial charge in [-0.25, -0.2) is 0 Å². The van der Waals surface area contributed by atoms with Gasteiger partial charge in [0, 0.05) is 20.3 Å². The average Bonchev–Trinajstić information content (AvgIpc) is 2.34. The van der Waals surface area contributed by atoms with Gasteiger partial charge >= 0.3 is 0 Å². The molecule has 0 aromatic carbocycles. The first-order valence-electron chi connectivity index (χ1n) is 6.12. The summed E-state index contributed by atoms with van der Waals surface area (Å²) in [6.07, 6.45) is -0.907. The Hall–Kier alpha value is -0.810. The Morgan fingerprint density at radius 2 is 1.59 bits per heavy atom. The number of rotatable bonds is 7. The van der Waals surface area contributed by atoms with Crippen LogP contribution < -0.4 is 5.11 Å². The Morgan fingerprint density at radius 3 is 1.82 bits per heavy atom. The third-order valence-corrected chi connectivity index (χ3v) is 3.00. The van der Waals surface area contributed by atoms with Gasteiger partial charge in [0.15, 0.2) is 0 Å². The van der Waals surface area contributed by atoms with Crippen LogP contribution in [0.2, 0.25) is 0 Å². The zero-order chi connectivity index (χ0) is 13.7. The van der Waals surface area contributed by atoms with Gasteiger partial charge in [0.05, 0.1) is 26.7 Å². The average molecular weight is 249 g/mol. The van der Waals surface area contributed by atoms with Gasteiger partial charge in [-0.1, -0.05) is 0 Å². The number of carbonyl (C=O) groups excluding carboxylic acids is 1. The summed E-state index contributed by atoms with van der Waals surface area (Å²) in [5.41, 5.74) is 0. The summed E-state index contributed by atoms with van der Waals surface area (Å²) in [6.45, 7) is 11.2. The largest absolute Gasteiger partial charge is 0.550 e. The topological polar surface area (TPSA) is 58.6 Å². The first kappa shape index (κ1) is 18.6. The number of ether oxygens (including phenoxy) is 2. The number of nitrogens with zero attached hydrogens (tertiary/aromatic N) is 1. The van der Waals surface area contributed by atoms with Gasteiger partial charge in [0.2, 0.25) is 0 Å². The van der Waals surface area contributed by atoms with Gasteiger partial charge in [0.25, 0.3) is 6.16 Å². The van der Waals surface area contributed by atoms with E-state index in [0.717, 1.165) is 0 Å². The third-order valence-electron chi connectivity index (χ3n) is 3.00. The highest BCUT2D eigenvalue weighted by Gasteiger charge is 2.10. The highest BCUT2D eigenvalue weighted by molar-refractivity contribution is 5.53. The number of carboxylic acid groups (broad SMARTS) is 1. The number of carbonyl (C=O) groups is 1. The Morgan fingerprint density at radius 1 is 1.12 bits per heavy atom. The van der Waals surface area contributed by atoms with Crippen molar-refractivity contribution >= 4 is 6.16 Å².